The van der Waals surface area contributed by atoms with Gasteiger partial charge >= 0.3 is 6.09 Å². The first kappa shape index (κ1) is 46.4. The van der Waals surface area contributed by atoms with Gasteiger partial charge in [-0.25, -0.2) is 9.78 Å². The van der Waals surface area contributed by atoms with E-state index in [0.29, 0.717) is 18.1 Å². The number of hydrogen-bond donors (Lipinski definition) is 3. The van der Waals surface area contributed by atoms with Crippen LogP contribution in [0.3, 0.4) is 0 Å². The van der Waals surface area contributed by atoms with Crippen molar-refractivity contribution in [3.63, 3.8) is 0 Å². The molecule has 10 nitrogen and oxygen atoms in total. The molecule has 4 N–H and O–H groups in total. The maximum absolute atomic E-state index is 12.9. The van der Waals surface area contributed by atoms with Crippen LogP contribution in [-0.4, -0.2) is 72.5 Å². The van der Waals surface area contributed by atoms with Gasteiger partial charge in [-0.1, -0.05) is 97.4 Å². The lowest BCUT2D eigenvalue weighted by molar-refractivity contribution is -0.131. The monoisotopic (exact) mass is 716 g/mol. The molecular formula is C39H65ClN6O4. The summed E-state index contributed by atoms with van der Waals surface area (Å²) < 4.78 is 12.5. The number of allylic oxidation sites excluding steroid dienone is 3. The molecule has 1 unspecified atom stereocenters. The number of benzene rings is 1. The number of piperazine rings is 1. The molecule has 0 saturated carbocycles. The molecule has 282 valence electrons. The molecule has 0 radical (unpaired) electrons. The van der Waals surface area contributed by atoms with Crippen molar-refractivity contribution in [3.05, 3.63) is 83.1 Å². The fourth-order valence-corrected chi connectivity index (χ4v) is 4.98. The van der Waals surface area contributed by atoms with E-state index in [1.807, 2.05) is 65.3 Å². The van der Waals surface area contributed by atoms with Crippen molar-refractivity contribution < 1.29 is 19.1 Å². The summed E-state index contributed by atoms with van der Waals surface area (Å²) in [6.45, 7) is 25.9. The second-order valence-corrected chi connectivity index (χ2v) is 12.9. The number of hydrogen-bond acceptors (Lipinski definition) is 7. The van der Waals surface area contributed by atoms with Gasteiger partial charge in [0, 0.05) is 45.4 Å². The third-order valence-electron chi connectivity index (χ3n) is 7.35. The zero-order valence-corrected chi connectivity index (χ0v) is 33.3. The van der Waals surface area contributed by atoms with Crippen LogP contribution >= 0.6 is 11.6 Å². The molecule has 4 rings (SSSR count). The highest BCUT2D eigenvalue weighted by Crippen LogP contribution is 2.37. The van der Waals surface area contributed by atoms with E-state index in [-0.39, 0.29) is 17.4 Å². The van der Waals surface area contributed by atoms with Gasteiger partial charge in [-0.05, 0) is 66.6 Å². The first-order valence-electron chi connectivity index (χ1n) is 17.8. The number of nitrogens with zero attached hydrogens (tertiary/aromatic N) is 3. The van der Waals surface area contributed by atoms with Gasteiger partial charge in [0.15, 0.2) is 0 Å². The number of carbonyl (C=O) groups is 2. The van der Waals surface area contributed by atoms with E-state index < -0.39 is 12.1 Å². The van der Waals surface area contributed by atoms with Gasteiger partial charge in [0.25, 0.3) is 0 Å². The van der Waals surface area contributed by atoms with Crippen molar-refractivity contribution in [1.82, 2.24) is 25.1 Å². The van der Waals surface area contributed by atoms with E-state index in [1.165, 1.54) is 11.8 Å². The molecule has 1 fully saturated rings. The standard InChI is InChI=1S/C22H26ClN3O2.C10H20N2O2.C3H7N.2C2H6/c1-5-20(28-4)22(27)25-21(19-12-24-13-26(19)3)18-10-14(2)6-7-15-8-9-16(23)11-17(15)18;1-10(2,3)8-14-9(13)12-6-4-11-5-7-12;1-2-3-4;2*1-2/h8-13,20-21H,2,5-7H2,1,3-4H3,(H,25,27);11H,4-8H2,1-3H3;2-3H,4H2,1H3;2*1-2H3/b;;3-2-;;/t20?,21-;;;;/m1..../s1. The predicted octanol–water partition coefficient (Wildman–Crippen LogP) is 7.85. The third-order valence-corrected chi connectivity index (χ3v) is 7.58. The second-order valence-electron chi connectivity index (χ2n) is 12.4. The molecule has 2 heterocycles. The molecule has 1 aromatic carbocycles. The Morgan fingerprint density at radius 3 is 2.28 bits per heavy atom. The summed E-state index contributed by atoms with van der Waals surface area (Å²) in [6.07, 6.45) is 10.5. The van der Waals surface area contributed by atoms with Crippen molar-refractivity contribution in [2.75, 3.05) is 39.9 Å². The Bertz CT molecular complexity index is 1330. The number of carbonyl (C=O) groups excluding carboxylic acids is 2. The van der Waals surface area contributed by atoms with Gasteiger partial charge in [-0.3, -0.25) is 4.79 Å². The SMILES string of the molecule is C/C=C\N.C=C1C=C([C@@H](NC(=O)C(CC)OC)c2cncn2C)c2cc(Cl)ccc2CC1.CC.CC.CC(C)(C)COC(=O)N1CCNCC1. The Hall–Kier alpha value is -3.60. The van der Waals surface area contributed by atoms with Gasteiger partial charge in [-0.15, -0.1) is 0 Å². The number of halogens is 1. The van der Waals surface area contributed by atoms with E-state index in [2.05, 4.69) is 55.1 Å². The second kappa shape index (κ2) is 25.4. The number of imidazole rings is 1. The van der Waals surface area contributed by atoms with Gasteiger partial charge in [0.2, 0.25) is 5.91 Å². The lowest BCUT2D eigenvalue weighted by atomic mass is 9.92. The Morgan fingerprint density at radius 1 is 1.16 bits per heavy atom. The smallest absolute Gasteiger partial charge is 0.409 e. The van der Waals surface area contributed by atoms with Gasteiger partial charge in [0.05, 0.1) is 30.9 Å². The highest BCUT2D eigenvalue weighted by Gasteiger charge is 2.29. The third kappa shape index (κ3) is 16.4. The number of nitrogens with two attached hydrogens (primary N) is 1. The first-order chi connectivity index (χ1) is 23.8. The van der Waals surface area contributed by atoms with E-state index in [0.717, 1.165) is 61.4 Å². The maximum Gasteiger partial charge on any atom is 0.409 e. The lowest BCUT2D eigenvalue weighted by Gasteiger charge is -2.28. The van der Waals surface area contributed by atoms with Crippen molar-refractivity contribution >= 4 is 29.2 Å². The molecule has 1 aromatic heterocycles. The minimum absolute atomic E-state index is 0.0453. The molecule has 1 aliphatic carbocycles. The highest BCUT2D eigenvalue weighted by molar-refractivity contribution is 6.30. The summed E-state index contributed by atoms with van der Waals surface area (Å²) in [5.74, 6) is -0.157. The van der Waals surface area contributed by atoms with Gasteiger partial charge in [0.1, 0.15) is 6.10 Å². The molecule has 1 aliphatic heterocycles. The molecule has 0 spiro atoms. The Kier molecular flexibility index (Phi) is 23.5. The topological polar surface area (TPSA) is 124 Å². The number of ether oxygens (including phenoxy) is 2. The fraction of sp³-hybridized carbons (Fsp3) is 0.564. The van der Waals surface area contributed by atoms with E-state index in [9.17, 15) is 9.59 Å². The van der Waals surface area contributed by atoms with Crippen LogP contribution < -0.4 is 16.4 Å². The molecule has 2 aromatic rings. The summed E-state index contributed by atoms with van der Waals surface area (Å²) >= 11 is 6.32. The van der Waals surface area contributed by atoms with Crippen molar-refractivity contribution in [2.24, 2.45) is 18.2 Å². The van der Waals surface area contributed by atoms with E-state index in [1.54, 1.807) is 30.6 Å². The number of aryl methyl sites for hydroxylation is 2. The number of rotatable bonds is 7. The molecular weight excluding hydrogens is 652 g/mol. The van der Waals surface area contributed by atoms with Crippen LogP contribution in [0.1, 0.15) is 98.0 Å². The van der Waals surface area contributed by atoms with E-state index in [4.69, 9.17) is 26.8 Å². The largest absolute Gasteiger partial charge is 0.449 e. The molecule has 2 amide bonds. The zero-order chi connectivity index (χ0) is 38.3. The predicted molar refractivity (Wildman–Crippen MR) is 209 cm³/mol. The normalized spacial score (nSPS) is 15.0. The van der Waals surface area contributed by atoms with Crippen LogP contribution in [0.25, 0.3) is 5.57 Å². The fourth-order valence-electron chi connectivity index (χ4n) is 4.81. The summed E-state index contributed by atoms with van der Waals surface area (Å²) in [7, 11) is 3.47. The van der Waals surface area contributed by atoms with Crippen molar-refractivity contribution in [1.29, 1.82) is 0 Å². The Morgan fingerprint density at radius 2 is 1.78 bits per heavy atom. The molecule has 2 atom stereocenters. The summed E-state index contributed by atoms with van der Waals surface area (Å²) in [4.78, 5) is 30.4. The Balaban J connectivity index is 0.000000911. The number of nitrogens with one attached hydrogen (secondary N) is 2. The zero-order valence-electron chi connectivity index (χ0n) is 32.6. The first-order valence-corrected chi connectivity index (χ1v) is 18.2. The highest BCUT2D eigenvalue weighted by atomic mass is 35.5. The van der Waals surface area contributed by atoms with Crippen molar-refractivity contribution in [3.8, 4) is 0 Å². The van der Waals surface area contributed by atoms with Crippen LogP contribution in [0.4, 0.5) is 4.79 Å². The van der Waals surface area contributed by atoms with Crippen LogP contribution in [0.2, 0.25) is 5.02 Å². The molecule has 0 bridgehead atoms. The maximum atomic E-state index is 12.9. The summed E-state index contributed by atoms with van der Waals surface area (Å²) in [5, 5.41) is 7.02. The average molecular weight is 717 g/mol. The van der Waals surface area contributed by atoms with Crippen LogP contribution in [0.5, 0.6) is 0 Å². The summed E-state index contributed by atoms with van der Waals surface area (Å²) in [6, 6.07) is 5.53. The van der Waals surface area contributed by atoms with Gasteiger partial charge in [-0.2, -0.15) is 0 Å². The van der Waals surface area contributed by atoms with Crippen molar-refractivity contribution in [2.45, 2.75) is 93.7 Å². The molecule has 2 aliphatic rings. The molecule has 50 heavy (non-hydrogen) atoms. The molecule has 1 saturated heterocycles. The minimum atomic E-state index is -0.510. The quantitative estimate of drug-likeness (QED) is 0.267. The van der Waals surface area contributed by atoms with Gasteiger partial charge < -0.3 is 35.3 Å². The van der Waals surface area contributed by atoms with E-state index >= 15 is 0 Å². The number of amides is 2. The minimum Gasteiger partial charge on any atom is -0.449 e. The number of methoxy groups -OCH3 is 1. The number of aromatic nitrogens is 2. The lowest BCUT2D eigenvalue weighted by Crippen LogP contribution is -2.47. The Labute approximate surface area is 307 Å². The van der Waals surface area contributed by atoms with Crippen LogP contribution in [0.15, 0.2) is 61.2 Å². The van der Waals surface area contributed by atoms with Crippen LogP contribution in [-0.2, 0) is 27.7 Å². The summed E-state index contributed by atoms with van der Waals surface area (Å²) in [5.41, 5.74) is 9.97. The number of fused-ring (bicyclic) bond motifs is 1. The molecule has 11 heteroatoms. The average Bonchev–Trinajstić information content (AvgIpc) is 3.48. The van der Waals surface area contributed by atoms with Crippen LogP contribution in [0, 0.1) is 5.41 Å².